The zero-order valence-corrected chi connectivity index (χ0v) is 16.2. The third-order valence-electron chi connectivity index (χ3n) is 5.32. The third kappa shape index (κ3) is 3.15. The van der Waals surface area contributed by atoms with Crippen LogP contribution in [0.25, 0.3) is 22.3 Å². The molecule has 5 heterocycles. The summed E-state index contributed by atoms with van der Waals surface area (Å²) in [4.78, 5) is 10.7. The number of methoxy groups -OCH3 is 1. The average molecular weight is 396 g/mol. The quantitative estimate of drug-likeness (QED) is 0.564. The first-order valence-electron chi connectivity index (χ1n) is 9.44. The van der Waals surface area contributed by atoms with Gasteiger partial charge in [0, 0.05) is 31.0 Å². The van der Waals surface area contributed by atoms with Crippen molar-refractivity contribution in [3.8, 4) is 17.0 Å². The molecule has 0 radical (unpaired) electrons. The van der Waals surface area contributed by atoms with Crippen LogP contribution in [0.15, 0.2) is 36.9 Å². The Hall–Kier alpha value is -3.27. The fourth-order valence-electron chi connectivity index (χ4n) is 3.80. The van der Waals surface area contributed by atoms with Gasteiger partial charge in [0.2, 0.25) is 11.8 Å². The van der Waals surface area contributed by atoms with Gasteiger partial charge in [-0.1, -0.05) is 0 Å². The van der Waals surface area contributed by atoms with Crippen molar-refractivity contribution in [3.05, 3.63) is 36.9 Å². The lowest BCUT2D eigenvalue weighted by Crippen LogP contribution is -2.46. The molecule has 5 rings (SSSR count). The first kappa shape index (κ1) is 17.8. The fraction of sp³-hybridized carbons (Fsp3) is 0.368. The van der Waals surface area contributed by atoms with Crippen molar-refractivity contribution in [1.29, 1.82) is 0 Å². The average Bonchev–Trinajstić information content (AvgIpc) is 3.35. The Balaban J connectivity index is 1.52. The van der Waals surface area contributed by atoms with Crippen molar-refractivity contribution in [2.24, 2.45) is 0 Å². The first-order valence-corrected chi connectivity index (χ1v) is 9.44. The molecule has 0 bridgehead atoms. The predicted molar refractivity (Wildman–Crippen MR) is 106 cm³/mol. The molecule has 1 N–H and O–H groups in total. The summed E-state index contributed by atoms with van der Waals surface area (Å²) in [6.07, 6.45) is 4.92. The number of rotatable bonds is 4. The molecular formula is C19H21FN8O. The van der Waals surface area contributed by atoms with Crippen LogP contribution in [0.2, 0.25) is 0 Å². The number of likely N-dealkylation sites (tertiary alicyclic amines) is 1. The number of pyridine rings is 1. The van der Waals surface area contributed by atoms with E-state index in [1.165, 1.54) is 6.33 Å². The van der Waals surface area contributed by atoms with E-state index in [2.05, 4.69) is 25.5 Å². The van der Waals surface area contributed by atoms with Crippen molar-refractivity contribution in [1.82, 2.24) is 34.1 Å². The zero-order valence-electron chi connectivity index (χ0n) is 16.2. The van der Waals surface area contributed by atoms with Crippen LogP contribution in [0.4, 0.5) is 10.3 Å². The van der Waals surface area contributed by atoms with Crippen LogP contribution in [0, 0.1) is 0 Å². The van der Waals surface area contributed by atoms with Gasteiger partial charge in [-0.3, -0.25) is 0 Å². The molecule has 1 aliphatic heterocycles. The van der Waals surface area contributed by atoms with Crippen LogP contribution >= 0.6 is 0 Å². The molecule has 0 aromatic carbocycles. The van der Waals surface area contributed by atoms with Crippen LogP contribution < -0.4 is 10.1 Å². The first-order chi connectivity index (χ1) is 14.1. The minimum atomic E-state index is -0.978. The van der Waals surface area contributed by atoms with E-state index in [0.717, 1.165) is 28.8 Å². The van der Waals surface area contributed by atoms with Gasteiger partial charge in [0.25, 0.3) is 0 Å². The van der Waals surface area contributed by atoms with E-state index in [9.17, 15) is 4.39 Å². The fourth-order valence-corrected chi connectivity index (χ4v) is 3.80. The van der Waals surface area contributed by atoms with Crippen molar-refractivity contribution in [2.45, 2.75) is 18.6 Å². The smallest absolute Gasteiger partial charge is 0.244 e. The van der Waals surface area contributed by atoms with E-state index < -0.39 is 6.17 Å². The zero-order chi connectivity index (χ0) is 20.0. The van der Waals surface area contributed by atoms with Crippen LogP contribution in [0.3, 0.4) is 0 Å². The number of ether oxygens (including phenoxy) is 1. The second-order valence-corrected chi connectivity index (χ2v) is 7.26. The second-order valence-electron chi connectivity index (χ2n) is 7.26. The van der Waals surface area contributed by atoms with Crippen molar-refractivity contribution in [3.63, 3.8) is 0 Å². The minimum absolute atomic E-state index is 0.321. The number of hydrogen-bond acceptors (Lipinski definition) is 7. The Labute approximate surface area is 166 Å². The molecular weight excluding hydrogens is 375 g/mol. The highest BCUT2D eigenvalue weighted by molar-refractivity contribution is 5.85. The molecule has 1 aliphatic rings. The molecule has 0 amide bonds. The van der Waals surface area contributed by atoms with E-state index in [-0.39, 0.29) is 6.04 Å². The highest BCUT2D eigenvalue weighted by Crippen LogP contribution is 2.32. The molecule has 1 saturated heterocycles. The Bertz CT molecular complexity index is 1170. The number of hydrogen-bond donors (Lipinski definition) is 1. The topological polar surface area (TPSA) is 84.9 Å². The molecule has 0 unspecified atom stereocenters. The molecule has 0 spiro atoms. The Morgan fingerprint density at radius 3 is 2.93 bits per heavy atom. The second kappa shape index (κ2) is 6.96. The van der Waals surface area contributed by atoms with E-state index >= 15 is 0 Å². The minimum Gasteiger partial charge on any atom is -0.479 e. The number of alkyl halides is 1. The standard InChI is InChI=1S/C19H21FN8O/c1-26-6-5-15(14(20)10-26)23-19-24-18(29-2)17-13(4-8-28(17)25-19)12-3-7-27-16(9-12)21-11-22-27/h3-4,7-9,11,14-15H,5-6,10H2,1-2H3,(H,23,25)/t14-,15-/m0/s1. The van der Waals surface area contributed by atoms with Gasteiger partial charge < -0.3 is 15.0 Å². The number of aromatic nitrogens is 6. The Morgan fingerprint density at radius 2 is 2.10 bits per heavy atom. The van der Waals surface area contributed by atoms with Crippen molar-refractivity contribution in [2.75, 3.05) is 32.6 Å². The summed E-state index contributed by atoms with van der Waals surface area (Å²) in [5.41, 5.74) is 3.36. The highest BCUT2D eigenvalue weighted by Gasteiger charge is 2.28. The summed E-state index contributed by atoms with van der Waals surface area (Å²) in [6, 6.07) is 5.53. The summed E-state index contributed by atoms with van der Waals surface area (Å²) in [7, 11) is 3.49. The number of nitrogens with one attached hydrogen (secondary N) is 1. The van der Waals surface area contributed by atoms with Gasteiger partial charge in [-0.2, -0.15) is 10.1 Å². The maximum absolute atomic E-state index is 14.4. The normalized spacial score (nSPS) is 20.4. The molecule has 0 aliphatic carbocycles. The van der Waals surface area contributed by atoms with Gasteiger partial charge >= 0.3 is 0 Å². The number of anilines is 1. The summed E-state index contributed by atoms with van der Waals surface area (Å²) < 4.78 is 23.4. The van der Waals surface area contributed by atoms with Crippen LogP contribution in [-0.2, 0) is 0 Å². The van der Waals surface area contributed by atoms with Crippen LogP contribution in [0.5, 0.6) is 5.88 Å². The molecule has 10 heteroatoms. The number of nitrogens with zero attached hydrogens (tertiary/aromatic N) is 7. The van der Waals surface area contributed by atoms with E-state index in [4.69, 9.17) is 4.74 Å². The molecule has 1 fully saturated rings. The Kier molecular flexibility index (Phi) is 4.27. The number of halogens is 1. The van der Waals surface area contributed by atoms with Gasteiger partial charge in [0.1, 0.15) is 18.0 Å². The van der Waals surface area contributed by atoms with Crippen molar-refractivity contribution < 1.29 is 9.13 Å². The molecule has 4 aromatic heterocycles. The largest absolute Gasteiger partial charge is 0.479 e. The maximum Gasteiger partial charge on any atom is 0.244 e. The number of fused-ring (bicyclic) bond motifs is 2. The summed E-state index contributed by atoms with van der Waals surface area (Å²) >= 11 is 0. The van der Waals surface area contributed by atoms with Gasteiger partial charge in [-0.15, -0.1) is 5.10 Å². The van der Waals surface area contributed by atoms with Crippen molar-refractivity contribution >= 4 is 17.1 Å². The maximum atomic E-state index is 14.4. The van der Waals surface area contributed by atoms with Gasteiger partial charge in [-0.05, 0) is 37.2 Å². The predicted octanol–water partition coefficient (Wildman–Crippen LogP) is 1.90. The SMILES string of the molecule is COc1nc(N[C@H]2CCN(C)C[C@@H]2F)nn2ccc(-c3ccn4ncnc4c3)c12. The lowest BCUT2D eigenvalue weighted by Gasteiger charge is -2.32. The van der Waals surface area contributed by atoms with Crippen LogP contribution in [-0.4, -0.2) is 73.6 Å². The lowest BCUT2D eigenvalue weighted by atomic mass is 10.0. The molecule has 4 aromatic rings. The molecule has 150 valence electrons. The summed E-state index contributed by atoms with van der Waals surface area (Å²) in [5, 5.41) is 11.8. The molecule has 0 saturated carbocycles. The molecule has 29 heavy (non-hydrogen) atoms. The third-order valence-corrected chi connectivity index (χ3v) is 5.32. The van der Waals surface area contributed by atoms with Gasteiger partial charge in [0.15, 0.2) is 5.65 Å². The van der Waals surface area contributed by atoms with E-state index in [1.807, 2.05) is 42.5 Å². The van der Waals surface area contributed by atoms with Gasteiger partial charge in [-0.25, -0.2) is 18.4 Å². The highest BCUT2D eigenvalue weighted by atomic mass is 19.1. The molecule has 2 atom stereocenters. The van der Waals surface area contributed by atoms with Gasteiger partial charge in [0.05, 0.1) is 13.2 Å². The lowest BCUT2D eigenvalue weighted by molar-refractivity contribution is 0.149. The van der Waals surface area contributed by atoms with E-state index in [1.54, 1.807) is 16.1 Å². The molecule has 9 nitrogen and oxygen atoms in total. The number of piperidine rings is 1. The van der Waals surface area contributed by atoms with Crippen LogP contribution in [0.1, 0.15) is 6.42 Å². The summed E-state index contributed by atoms with van der Waals surface area (Å²) in [6.45, 7) is 1.23. The monoisotopic (exact) mass is 396 g/mol. The summed E-state index contributed by atoms with van der Waals surface area (Å²) in [5.74, 6) is 0.772. The van der Waals surface area contributed by atoms with E-state index in [0.29, 0.717) is 24.8 Å². The Morgan fingerprint density at radius 1 is 1.24 bits per heavy atom.